The van der Waals surface area contributed by atoms with Crippen molar-refractivity contribution in [1.29, 1.82) is 0 Å². The summed E-state index contributed by atoms with van der Waals surface area (Å²) >= 11 is 0. The molecule has 126 valence electrons. The predicted octanol–water partition coefficient (Wildman–Crippen LogP) is 3.31. The van der Waals surface area contributed by atoms with Crippen LogP contribution < -0.4 is 0 Å². The first kappa shape index (κ1) is 16.5. The molecule has 1 aromatic heterocycles. The van der Waals surface area contributed by atoms with Crippen molar-refractivity contribution in [2.75, 3.05) is 6.54 Å². The number of carboxylic acid groups (broad SMARTS) is 1. The van der Waals surface area contributed by atoms with Gasteiger partial charge in [0.1, 0.15) is 17.7 Å². The normalized spacial score (nSPS) is 19.4. The molecule has 0 radical (unpaired) electrons. The van der Waals surface area contributed by atoms with Crippen molar-refractivity contribution >= 4 is 5.97 Å². The van der Waals surface area contributed by atoms with Gasteiger partial charge in [-0.25, -0.2) is 8.78 Å². The molecule has 2 aromatic rings. The van der Waals surface area contributed by atoms with E-state index in [-0.39, 0.29) is 5.56 Å². The van der Waals surface area contributed by atoms with Gasteiger partial charge < -0.3 is 5.11 Å². The second-order valence-corrected chi connectivity index (χ2v) is 6.03. The first-order chi connectivity index (χ1) is 11.5. The first-order valence-electron chi connectivity index (χ1n) is 7.83. The number of rotatable bonds is 4. The number of hydrogen-bond acceptors (Lipinski definition) is 3. The summed E-state index contributed by atoms with van der Waals surface area (Å²) < 4.78 is 27.8. The van der Waals surface area contributed by atoms with Crippen LogP contribution in [0.5, 0.6) is 0 Å². The number of hydrogen-bond donors (Lipinski definition) is 1. The molecule has 3 rings (SSSR count). The summed E-state index contributed by atoms with van der Waals surface area (Å²) in [5.41, 5.74) is 1.89. The highest BCUT2D eigenvalue weighted by atomic mass is 19.1. The van der Waals surface area contributed by atoms with Crippen molar-refractivity contribution < 1.29 is 18.7 Å². The molecule has 1 aromatic carbocycles. The van der Waals surface area contributed by atoms with E-state index < -0.39 is 29.7 Å². The molecule has 2 unspecified atom stereocenters. The maximum absolute atomic E-state index is 14.5. The quantitative estimate of drug-likeness (QED) is 0.933. The van der Waals surface area contributed by atoms with Gasteiger partial charge in [-0.15, -0.1) is 0 Å². The summed E-state index contributed by atoms with van der Waals surface area (Å²) in [4.78, 5) is 17.4. The maximum atomic E-state index is 14.5. The zero-order valence-electron chi connectivity index (χ0n) is 13.2. The van der Waals surface area contributed by atoms with Gasteiger partial charge in [0.05, 0.1) is 6.04 Å². The summed E-state index contributed by atoms with van der Waals surface area (Å²) in [6, 6.07) is 3.93. The van der Waals surface area contributed by atoms with Gasteiger partial charge in [-0.05, 0) is 43.0 Å². The van der Waals surface area contributed by atoms with Gasteiger partial charge in [0.15, 0.2) is 0 Å². The van der Waals surface area contributed by atoms with E-state index in [2.05, 4.69) is 4.98 Å². The van der Waals surface area contributed by atoms with Crippen LogP contribution in [-0.4, -0.2) is 33.5 Å². The van der Waals surface area contributed by atoms with Crippen LogP contribution in [0.25, 0.3) is 0 Å². The second kappa shape index (κ2) is 6.65. The smallest absolute Gasteiger partial charge is 0.320 e. The number of carboxylic acids is 1. The Labute approximate surface area is 138 Å². The molecule has 24 heavy (non-hydrogen) atoms. The molecule has 1 N–H and O–H groups in total. The molecule has 0 amide bonds. The van der Waals surface area contributed by atoms with Gasteiger partial charge in [0, 0.05) is 30.6 Å². The minimum Gasteiger partial charge on any atom is -0.480 e. The van der Waals surface area contributed by atoms with Gasteiger partial charge in [-0.1, -0.05) is 6.07 Å². The predicted molar refractivity (Wildman–Crippen MR) is 84.5 cm³/mol. The van der Waals surface area contributed by atoms with Crippen LogP contribution >= 0.6 is 0 Å². The van der Waals surface area contributed by atoms with Crippen LogP contribution in [0.1, 0.15) is 35.6 Å². The fourth-order valence-electron chi connectivity index (χ4n) is 3.40. The van der Waals surface area contributed by atoms with Crippen LogP contribution in [0.2, 0.25) is 0 Å². The molecule has 2 atom stereocenters. The molecular weight excluding hydrogens is 314 g/mol. The number of aromatic nitrogens is 1. The van der Waals surface area contributed by atoms with E-state index in [1.54, 1.807) is 23.4 Å². The zero-order chi connectivity index (χ0) is 17.3. The summed E-state index contributed by atoms with van der Waals surface area (Å²) in [5, 5.41) is 9.50. The number of likely N-dealkylation sites (tertiary alicyclic amines) is 1. The molecule has 6 heteroatoms. The Hall–Kier alpha value is -2.34. The third-order valence-corrected chi connectivity index (χ3v) is 4.53. The molecule has 1 fully saturated rings. The second-order valence-electron chi connectivity index (χ2n) is 6.03. The molecule has 4 nitrogen and oxygen atoms in total. The monoisotopic (exact) mass is 332 g/mol. The highest BCUT2D eigenvalue weighted by molar-refractivity contribution is 5.74. The first-order valence-corrected chi connectivity index (χ1v) is 7.83. The Morgan fingerprint density at radius 3 is 2.79 bits per heavy atom. The van der Waals surface area contributed by atoms with E-state index in [4.69, 9.17) is 0 Å². The molecule has 1 saturated heterocycles. The number of nitrogens with zero attached hydrogens (tertiary/aromatic N) is 2. The van der Waals surface area contributed by atoms with Crippen molar-refractivity contribution in [2.45, 2.75) is 31.8 Å². The number of aryl methyl sites for hydroxylation is 1. The van der Waals surface area contributed by atoms with Crippen LogP contribution in [0.3, 0.4) is 0 Å². The van der Waals surface area contributed by atoms with Gasteiger partial charge in [0.25, 0.3) is 0 Å². The van der Waals surface area contributed by atoms with E-state index >= 15 is 0 Å². The van der Waals surface area contributed by atoms with Crippen LogP contribution in [0.4, 0.5) is 8.78 Å². The minimum absolute atomic E-state index is 0.277. The largest absolute Gasteiger partial charge is 0.480 e. The van der Waals surface area contributed by atoms with Crippen molar-refractivity contribution in [3.8, 4) is 0 Å². The molecule has 2 heterocycles. The van der Waals surface area contributed by atoms with Crippen LogP contribution in [0, 0.1) is 18.6 Å². The SMILES string of the molecule is Cc1cnccc1C(c1ccc(F)cc1F)N1CCCC1C(=O)O. The summed E-state index contributed by atoms with van der Waals surface area (Å²) in [7, 11) is 0. The lowest BCUT2D eigenvalue weighted by Crippen LogP contribution is -2.39. The molecule has 0 bridgehead atoms. The summed E-state index contributed by atoms with van der Waals surface area (Å²) in [6.07, 6.45) is 4.50. The Morgan fingerprint density at radius 1 is 1.33 bits per heavy atom. The van der Waals surface area contributed by atoms with Gasteiger partial charge in [0.2, 0.25) is 0 Å². The van der Waals surface area contributed by atoms with Gasteiger partial charge in [-0.2, -0.15) is 0 Å². The average Bonchev–Trinajstić information content (AvgIpc) is 3.01. The van der Waals surface area contributed by atoms with Crippen LogP contribution in [-0.2, 0) is 4.79 Å². The standard InChI is InChI=1S/C18H18F2N2O2/c1-11-10-21-7-6-13(11)17(14-5-4-12(19)9-15(14)20)22-8-2-3-16(22)18(23)24/h4-7,9-10,16-17H,2-3,8H2,1H3,(H,23,24). The van der Waals surface area contributed by atoms with E-state index in [1.165, 1.54) is 12.1 Å². The summed E-state index contributed by atoms with van der Waals surface area (Å²) in [5.74, 6) is -2.25. The molecule has 0 saturated carbocycles. The van der Waals surface area contributed by atoms with Crippen molar-refractivity contribution in [3.63, 3.8) is 0 Å². The van der Waals surface area contributed by atoms with Gasteiger partial charge >= 0.3 is 5.97 Å². The molecular formula is C18H18F2N2O2. The van der Waals surface area contributed by atoms with Crippen molar-refractivity contribution in [1.82, 2.24) is 9.88 Å². The topological polar surface area (TPSA) is 53.4 Å². The minimum atomic E-state index is -0.924. The van der Waals surface area contributed by atoms with E-state index in [0.717, 1.165) is 23.6 Å². The average molecular weight is 332 g/mol. The lowest BCUT2D eigenvalue weighted by Gasteiger charge is -2.33. The highest BCUT2D eigenvalue weighted by Crippen LogP contribution is 2.37. The maximum Gasteiger partial charge on any atom is 0.320 e. The lowest BCUT2D eigenvalue weighted by molar-refractivity contribution is -0.142. The van der Waals surface area contributed by atoms with E-state index in [9.17, 15) is 18.7 Å². The Morgan fingerprint density at radius 2 is 2.12 bits per heavy atom. The van der Waals surface area contributed by atoms with Crippen LogP contribution in [0.15, 0.2) is 36.7 Å². The Balaban J connectivity index is 2.14. The van der Waals surface area contributed by atoms with Gasteiger partial charge in [-0.3, -0.25) is 14.7 Å². The highest BCUT2D eigenvalue weighted by Gasteiger charge is 2.38. The number of benzene rings is 1. The Kier molecular flexibility index (Phi) is 4.57. The number of halogens is 2. The fourth-order valence-corrected chi connectivity index (χ4v) is 3.40. The van der Waals surface area contributed by atoms with E-state index in [1.807, 2.05) is 6.92 Å². The Bertz CT molecular complexity index is 766. The number of pyridine rings is 1. The molecule has 0 spiro atoms. The third kappa shape index (κ3) is 3.01. The van der Waals surface area contributed by atoms with Crippen molar-refractivity contribution in [2.24, 2.45) is 0 Å². The molecule has 1 aliphatic heterocycles. The van der Waals surface area contributed by atoms with E-state index in [0.29, 0.717) is 13.0 Å². The molecule has 1 aliphatic rings. The number of aliphatic carboxylic acids is 1. The fraction of sp³-hybridized carbons (Fsp3) is 0.333. The number of carbonyl (C=O) groups is 1. The summed E-state index contributed by atoms with van der Waals surface area (Å²) in [6.45, 7) is 2.39. The molecule has 0 aliphatic carbocycles. The third-order valence-electron chi connectivity index (χ3n) is 4.53. The van der Waals surface area contributed by atoms with Crippen molar-refractivity contribution in [3.05, 3.63) is 65.0 Å². The lowest BCUT2D eigenvalue weighted by atomic mass is 9.93. The zero-order valence-corrected chi connectivity index (χ0v) is 13.2.